The van der Waals surface area contributed by atoms with E-state index >= 15 is 0 Å². The van der Waals surface area contributed by atoms with Gasteiger partial charge in [-0.05, 0) is 49.9 Å². The first-order chi connectivity index (χ1) is 8.28. The Morgan fingerprint density at radius 2 is 2.41 bits per heavy atom. The minimum atomic E-state index is 0.552. The first-order valence-corrected chi connectivity index (χ1v) is 7.06. The molecule has 3 heteroatoms. The summed E-state index contributed by atoms with van der Waals surface area (Å²) in [6.07, 6.45) is 3.52. The lowest BCUT2D eigenvalue weighted by Gasteiger charge is -2.19. The Balaban J connectivity index is 1.90. The van der Waals surface area contributed by atoms with Gasteiger partial charge in [-0.3, -0.25) is 0 Å². The molecule has 1 aromatic carbocycles. The number of rotatable bonds is 5. The Labute approximate surface area is 112 Å². The Morgan fingerprint density at radius 3 is 3.06 bits per heavy atom. The molecule has 0 radical (unpaired) electrons. The smallest absolute Gasteiger partial charge is 0.0495 e. The van der Waals surface area contributed by atoms with Crippen LogP contribution in [0.3, 0.4) is 0 Å². The van der Waals surface area contributed by atoms with Gasteiger partial charge < -0.3 is 10.1 Å². The normalized spacial score (nSPS) is 21.6. The average Bonchev–Trinajstić information content (AvgIpc) is 2.81. The molecule has 1 aliphatic heterocycles. The Kier molecular flexibility index (Phi) is 5.01. The van der Waals surface area contributed by atoms with Crippen LogP contribution in [-0.2, 0) is 11.2 Å². The lowest BCUT2D eigenvalue weighted by atomic mass is 9.95. The predicted molar refractivity (Wildman–Crippen MR) is 74.2 cm³/mol. The molecule has 2 atom stereocenters. The molecule has 1 saturated heterocycles. The molecule has 17 heavy (non-hydrogen) atoms. The lowest BCUT2D eigenvalue weighted by molar-refractivity contribution is 0.181. The number of nitrogens with one attached hydrogen (secondary N) is 1. The van der Waals surface area contributed by atoms with Crippen LogP contribution in [-0.4, -0.2) is 26.3 Å². The van der Waals surface area contributed by atoms with Crippen molar-refractivity contribution >= 4 is 15.9 Å². The number of hydrogen-bond donors (Lipinski definition) is 1. The molecule has 2 rings (SSSR count). The van der Waals surface area contributed by atoms with Gasteiger partial charge in [0.25, 0.3) is 0 Å². The first kappa shape index (κ1) is 13.1. The lowest BCUT2D eigenvalue weighted by Crippen LogP contribution is -2.30. The summed E-state index contributed by atoms with van der Waals surface area (Å²) in [4.78, 5) is 0. The van der Waals surface area contributed by atoms with E-state index in [1.54, 1.807) is 0 Å². The highest BCUT2D eigenvalue weighted by Crippen LogP contribution is 2.20. The molecule has 2 unspecified atom stereocenters. The maximum absolute atomic E-state index is 5.44. The number of likely N-dealkylation sites (N-methyl/N-ethyl adjacent to an activating group) is 1. The Hall–Kier alpha value is -0.380. The third-order valence-corrected chi connectivity index (χ3v) is 3.91. The minimum absolute atomic E-state index is 0.552. The second-order valence-corrected chi connectivity index (χ2v) is 5.70. The molecule has 1 fully saturated rings. The van der Waals surface area contributed by atoms with Crippen molar-refractivity contribution in [2.45, 2.75) is 25.3 Å². The average molecular weight is 298 g/mol. The fourth-order valence-corrected chi connectivity index (χ4v) is 2.87. The molecule has 0 spiro atoms. The Morgan fingerprint density at radius 1 is 1.53 bits per heavy atom. The standard InChI is InChI=1S/C14H20BrNO/c1-16-14(9-12-5-6-17-10-12)8-11-3-2-4-13(15)7-11/h2-4,7,12,14,16H,5-6,8-10H2,1H3. The van der Waals surface area contributed by atoms with E-state index in [1.807, 2.05) is 0 Å². The summed E-state index contributed by atoms with van der Waals surface area (Å²) >= 11 is 3.52. The number of ether oxygens (including phenoxy) is 1. The van der Waals surface area contributed by atoms with Crippen molar-refractivity contribution < 1.29 is 4.74 Å². The first-order valence-electron chi connectivity index (χ1n) is 6.27. The fraction of sp³-hybridized carbons (Fsp3) is 0.571. The van der Waals surface area contributed by atoms with Gasteiger partial charge in [0, 0.05) is 23.7 Å². The van der Waals surface area contributed by atoms with Crippen molar-refractivity contribution in [3.8, 4) is 0 Å². The molecule has 0 saturated carbocycles. The van der Waals surface area contributed by atoms with Crippen LogP contribution in [0.1, 0.15) is 18.4 Å². The van der Waals surface area contributed by atoms with E-state index in [1.165, 1.54) is 18.4 Å². The van der Waals surface area contributed by atoms with E-state index in [0.717, 1.165) is 30.0 Å². The predicted octanol–water partition coefficient (Wildman–Crippen LogP) is 3.01. The van der Waals surface area contributed by atoms with E-state index in [0.29, 0.717) is 6.04 Å². The molecular formula is C14H20BrNO. The van der Waals surface area contributed by atoms with E-state index in [2.05, 4.69) is 52.6 Å². The van der Waals surface area contributed by atoms with Crippen molar-refractivity contribution in [1.29, 1.82) is 0 Å². The van der Waals surface area contributed by atoms with Crippen LogP contribution < -0.4 is 5.32 Å². The summed E-state index contributed by atoms with van der Waals surface area (Å²) in [5, 5.41) is 3.43. The molecule has 0 bridgehead atoms. The zero-order chi connectivity index (χ0) is 12.1. The molecule has 1 aliphatic rings. The summed E-state index contributed by atoms with van der Waals surface area (Å²) < 4.78 is 6.60. The van der Waals surface area contributed by atoms with Crippen LogP contribution in [0, 0.1) is 5.92 Å². The van der Waals surface area contributed by atoms with E-state index in [4.69, 9.17) is 4.74 Å². The highest BCUT2D eigenvalue weighted by molar-refractivity contribution is 9.10. The highest BCUT2D eigenvalue weighted by atomic mass is 79.9. The van der Waals surface area contributed by atoms with Crippen molar-refractivity contribution in [3.63, 3.8) is 0 Å². The van der Waals surface area contributed by atoms with Crippen molar-refractivity contribution in [3.05, 3.63) is 34.3 Å². The fourth-order valence-electron chi connectivity index (χ4n) is 2.42. The van der Waals surface area contributed by atoms with Gasteiger partial charge in [-0.2, -0.15) is 0 Å². The van der Waals surface area contributed by atoms with Gasteiger partial charge in [0.1, 0.15) is 0 Å². The molecule has 1 aromatic rings. The zero-order valence-electron chi connectivity index (χ0n) is 10.3. The monoisotopic (exact) mass is 297 g/mol. The second kappa shape index (κ2) is 6.53. The van der Waals surface area contributed by atoms with Gasteiger partial charge in [0.15, 0.2) is 0 Å². The second-order valence-electron chi connectivity index (χ2n) is 4.78. The molecule has 1 N–H and O–H groups in total. The minimum Gasteiger partial charge on any atom is -0.381 e. The largest absolute Gasteiger partial charge is 0.381 e. The highest BCUT2D eigenvalue weighted by Gasteiger charge is 2.20. The molecular weight excluding hydrogens is 278 g/mol. The van der Waals surface area contributed by atoms with Gasteiger partial charge in [0.2, 0.25) is 0 Å². The van der Waals surface area contributed by atoms with Crippen LogP contribution in [0.4, 0.5) is 0 Å². The van der Waals surface area contributed by atoms with Gasteiger partial charge in [0.05, 0.1) is 0 Å². The Bertz CT molecular complexity index is 350. The van der Waals surface area contributed by atoms with Gasteiger partial charge >= 0.3 is 0 Å². The van der Waals surface area contributed by atoms with E-state index in [9.17, 15) is 0 Å². The molecule has 94 valence electrons. The maximum Gasteiger partial charge on any atom is 0.0495 e. The summed E-state index contributed by atoms with van der Waals surface area (Å²) in [6.45, 7) is 1.88. The maximum atomic E-state index is 5.44. The summed E-state index contributed by atoms with van der Waals surface area (Å²) in [6, 6.07) is 9.12. The van der Waals surface area contributed by atoms with Gasteiger partial charge in [-0.15, -0.1) is 0 Å². The molecule has 2 nitrogen and oxygen atoms in total. The van der Waals surface area contributed by atoms with Gasteiger partial charge in [-0.1, -0.05) is 28.1 Å². The van der Waals surface area contributed by atoms with Crippen molar-refractivity contribution in [1.82, 2.24) is 5.32 Å². The van der Waals surface area contributed by atoms with Gasteiger partial charge in [-0.25, -0.2) is 0 Å². The number of halogens is 1. The van der Waals surface area contributed by atoms with E-state index < -0.39 is 0 Å². The number of benzene rings is 1. The van der Waals surface area contributed by atoms with Crippen LogP contribution in [0.2, 0.25) is 0 Å². The zero-order valence-corrected chi connectivity index (χ0v) is 11.9. The van der Waals surface area contributed by atoms with Crippen LogP contribution >= 0.6 is 15.9 Å². The molecule has 0 aliphatic carbocycles. The topological polar surface area (TPSA) is 21.3 Å². The molecule has 1 heterocycles. The van der Waals surface area contributed by atoms with Crippen LogP contribution in [0.5, 0.6) is 0 Å². The third kappa shape index (κ3) is 4.09. The quantitative estimate of drug-likeness (QED) is 0.902. The summed E-state index contributed by atoms with van der Waals surface area (Å²) in [7, 11) is 2.05. The number of hydrogen-bond acceptors (Lipinski definition) is 2. The van der Waals surface area contributed by atoms with Crippen LogP contribution in [0.25, 0.3) is 0 Å². The molecule has 0 aromatic heterocycles. The third-order valence-electron chi connectivity index (χ3n) is 3.42. The summed E-state index contributed by atoms with van der Waals surface area (Å²) in [5.74, 6) is 0.736. The van der Waals surface area contributed by atoms with Crippen molar-refractivity contribution in [2.75, 3.05) is 20.3 Å². The summed E-state index contributed by atoms with van der Waals surface area (Å²) in [5.41, 5.74) is 1.39. The van der Waals surface area contributed by atoms with Crippen LogP contribution in [0.15, 0.2) is 28.7 Å². The van der Waals surface area contributed by atoms with Crippen molar-refractivity contribution in [2.24, 2.45) is 5.92 Å². The molecule has 0 amide bonds. The SMILES string of the molecule is CNC(Cc1cccc(Br)c1)CC1CCOC1. The van der Waals surface area contributed by atoms with E-state index in [-0.39, 0.29) is 0 Å².